The van der Waals surface area contributed by atoms with Crippen molar-refractivity contribution >= 4 is 23.4 Å². The molecular formula is C16H17ClFNS. The molecule has 0 bridgehead atoms. The maximum absolute atomic E-state index is 13.8. The van der Waals surface area contributed by atoms with Crippen LogP contribution in [0.3, 0.4) is 0 Å². The van der Waals surface area contributed by atoms with Gasteiger partial charge in [-0.25, -0.2) is 4.39 Å². The first-order chi connectivity index (χ1) is 9.58. The molecule has 1 N–H and O–H groups in total. The smallest absolute Gasteiger partial charge is 0.137 e. The van der Waals surface area contributed by atoms with Crippen LogP contribution in [-0.4, -0.2) is 6.04 Å². The molecule has 0 aliphatic carbocycles. The summed E-state index contributed by atoms with van der Waals surface area (Å²) in [6.45, 7) is 4.84. The molecule has 2 aromatic rings. The highest BCUT2D eigenvalue weighted by Gasteiger charge is 2.11. The number of hydrogen-bond acceptors (Lipinski definition) is 2. The fraction of sp³-hybridized carbons (Fsp3) is 0.250. The van der Waals surface area contributed by atoms with Crippen LogP contribution in [0.2, 0.25) is 5.02 Å². The van der Waals surface area contributed by atoms with Gasteiger partial charge in [-0.05, 0) is 29.8 Å². The summed E-state index contributed by atoms with van der Waals surface area (Å²) in [5.74, 6) is -0.208. The molecule has 0 saturated heterocycles. The molecule has 0 amide bonds. The Morgan fingerprint density at radius 2 is 1.80 bits per heavy atom. The Bertz CT molecular complexity index is 586. The van der Waals surface area contributed by atoms with E-state index in [0.717, 1.165) is 10.5 Å². The fourth-order valence-electron chi connectivity index (χ4n) is 1.76. The monoisotopic (exact) mass is 309 g/mol. The number of benzene rings is 2. The average molecular weight is 310 g/mol. The van der Waals surface area contributed by atoms with Crippen molar-refractivity contribution in [2.75, 3.05) is 0 Å². The van der Waals surface area contributed by atoms with E-state index in [4.69, 9.17) is 11.6 Å². The minimum atomic E-state index is -0.208. The Morgan fingerprint density at radius 1 is 1.10 bits per heavy atom. The summed E-state index contributed by atoms with van der Waals surface area (Å²) in [6, 6.07) is 12.9. The van der Waals surface area contributed by atoms with Crippen LogP contribution in [0.15, 0.2) is 52.3 Å². The number of rotatable bonds is 5. The van der Waals surface area contributed by atoms with E-state index in [9.17, 15) is 4.39 Å². The maximum Gasteiger partial charge on any atom is 0.137 e. The Balaban J connectivity index is 2.27. The minimum Gasteiger partial charge on any atom is -0.310 e. The minimum absolute atomic E-state index is 0.208. The van der Waals surface area contributed by atoms with E-state index in [1.54, 1.807) is 12.1 Å². The van der Waals surface area contributed by atoms with E-state index >= 15 is 0 Å². The van der Waals surface area contributed by atoms with Crippen molar-refractivity contribution in [2.45, 2.75) is 36.2 Å². The lowest BCUT2D eigenvalue weighted by atomic mass is 10.2. The number of hydrogen-bond donors (Lipinski definition) is 1. The first-order valence-electron chi connectivity index (χ1n) is 6.51. The van der Waals surface area contributed by atoms with Gasteiger partial charge < -0.3 is 5.32 Å². The summed E-state index contributed by atoms with van der Waals surface area (Å²) in [6.07, 6.45) is 0. The number of halogens is 2. The largest absolute Gasteiger partial charge is 0.310 e. The molecule has 0 unspecified atom stereocenters. The zero-order valence-corrected chi connectivity index (χ0v) is 13.1. The fourth-order valence-corrected chi connectivity index (χ4v) is 3.06. The third kappa shape index (κ3) is 3.98. The summed E-state index contributed by atoms with van der Waals surface area (Å²) < 4.78 is 13.8. The first kappa shape index (κ1) is 15.4. The third-order valence-corrected chi connectivity index (χ3v) is 4.33. The van der Waals surface area contributed by atoms with Crippen molar-refractivity contribution in [2.24, 2.45) is 0 Å². The molecule has 0 saturated carbocycles. The van der Waals surface area contributed by atoms with Crippen LogP contribution >= 0.6 is 23.4 Å². The third-order valence-electron chi connectivity index (χ3n) is 2.82. The van der Waals surface area contributed by atoms with Gasteiger partial charge in [0, 0.05) is 27.4 Å². The summed E-state index contributed by atoms with van der Waals surface area (Å²) in [4.78, 5) is 1.59. The molecule has 0 aliphatic heterocycles. The lowest BCUT2D eigenvalue weighted by molar-refractivity contribution is 0.584. The summed E-state index contributed by atoms with van der Waals surface area (Å²) in [5, 5.41) is 4.06. The van der Waals surface area contributed by atoms with Gasteiger partial charge in [0.1, 0.15) is 5.82 Å². The van der Waals surface area contributed by atoms with Crippen molar-refractivity contribution < 1.29 is 4.39 Å². The van der Waals surface area contributed by atoms with E-state index < -0.39 is 0 Å². The van der Waals surface area contributed by atoms with E-state index in [0.29, 0.717) is 22.5 Å². The topological polar surface area (TPSA) is 12.0 Å². The highest BCUT2D eigenvalue weighted by molar-refractivity contribution is 7.99. The van der Waals surface area contributed by atoms with Crippen LogP contribution < -0.4 is 5.32 Å². The van der Waals surface area contributed by atoms with E-state index in [1.807, 2.05) is 24.3 Å². The van der Waals surface area contributed by atoms with Crippen LogP contribution in [0.25, 0.3) is 0 Å². The molecule has 2 aromatic carbocycles. The first-order valence-corrected chi connectivity index (χ1v) is 7.70. The van der Waals surface area contributed by atoms with Gasteiger partial charge in [-0.2, -0.15) is 0 Å². The second kappa shape index (κ2) is 7.11. The SMILES string of the molecule is CC(C)NCc1c(Cl)cccc1Sc1ccccc1F. The molecule has 1 nitrogen and oxygen atoms in total. The van der Waals surface area contributed by atoms with E-state index in [2.05, 4.69) is 19.2 Å². The highest BCUT2D eigenvalue weighted by atomic mass is 35.5. The Morgan fingerprint density at radius 3 is 2.50 bits per heavy atom. The maximum atomic E-state index is 13.8. The van der Waals surface area contributed by atoms with Gasteiger partial charge in [-0.3, -0.25) is 0 Å². The Hall–Kier alpha value is -1.03. The summed E-state index contributed by atoms with van der Waals surface area (Å²) in [5.41, 5.74) is 1.01. The van der Waals surface area contributed by atoms with Crippen molar-refractivity contribution in [1.29, 1.82) is 0 Å². The van der Waals surface area contributed by atoms with Crippen LogP contribution in [0.1, 0.15) is 19.4 Å². The van der Waals surface area contributed by atoms with Gasteiger partial charge in [0.25, 0.3) is 0 Å². The predicted molar refractivity (Wildman–Crippen MR) is 84.0 cm³/mol. The van der Waals surface area contributed by atoms with Crippen LogP contribution in [0, 0.1) is 5.82 Å². The van der Waals surface area contributed by atoms with Crippen molar-refractivity contribution in [3.8, 4) is 0 Å². The molecule has 2 rings (SSSR count). The van der Waals surface area contributed by atoms with Gasteiger partial charge >= 0.3 is 0 Å². The standard InChI is InChI=1S/C16H17ClFNS/c1-11(2)19-10-12-13(17)6-5-9-15(12)20-16-8-4-3-7-14(16)18/h3-9,11,19H,10H2,1-2H3. The van der Waals surface area contributed by atoms with Gasteiger partial charge in [-0.15, -0.1) is 0 Å². The molecule has 106 valence electrons. The Labute approximate surface area is 128 Å². The second-order valence-electron chi connectivity index (χ2n) is 4.78. The van der Waals surface area contributed by atoms with Crippen molar-refractivity contribution in [3.63, 3.8) is 0 Å². The molecular weight excluding hydrogens is 293 g/mol. The van der Waals surface area contributed by atoms with Gasteiger partial charge in [0.05, 0.1) is 0 Å². The summed E-state index contributed by atoms with van der Waals surface area (Å²) >= 11 is 7.68. The normalized spacial score (nSPS) is 11.1. The van der Waals surface area contributed by atoms with Gasteiger partial charge in [-0.1, -0.05) is 55.4 Å². The van der Waals surface area contributed by atoms with E-state index in [-0.39, 0.29) is 5.82 Å². The molecule has 0 aromatic heterocycles. The van der Waals surface area contributed by atoms with Crippen LogP contribution in [-0.2, 0) is 6.54 Å². The molecule has 0 radical (unpaired) electrons. The van der Waals surface area contributed by atoms with Gasteiger partial charge in [0.2, 0.25) is 0 Å². The molecule has 0 fully saturated rings. The van der Waals surface area contributed by atoms with Crippen molar-refractivity contribution in [1.82, 2.24) is 5.32 Å². The van der Waals surface area contributed by atoms with Crippen LogP contribution in [0.5, 0.6) is 0 Å². The lowest BCUT2D eigenvalue weighted by Gasteiger charge is -2.14. The molecule has 0 aliphatic rings. The zero-order chi connectivity index (χ0) is 14.5. The molecule has 0 spiro atoms. The zero-order valence-electron chi connectivity index (χ0n) is 11.5. The summed E-state index contributed by atoms with van der Waals surface area (Å²) in [7, 11) is 0. The highest BCUT2D eigenvalue weighted by Crippen LogP contribution is 2.35. The quantitative estimate of drug-likeness (QED) is 0.822. The molecule has 0 heterocycles. The second-order valence-corrected chi connectivity index (χ2v) is 6.28. The molecule has 4 heteroatoms. The molecule has 20 heavy (non-hydrogen) atoms. The number of nitrogens with one attached hydrogen (secondary N) is 1. The molecule has 0 atom stereocenters. The predicted octanol–water partition coefficient (Wildman–Crippen LogP) is 5.13. The van der Waals surface area contributed by atoms with Crippen molar-refractivity contribution in [3.05, 3.63) is 58.9 Å². The average Bonchev–Trinajstić information content (AvgIpc) is 2.40. The Kier molecular flexibility index (Phi) is 5.46. The van der Waals surface area contributed by atoms with Gasteiger partial charge in [0.15, 0.2) is 0 Å². The van der Waals surface area contributed by atoms with Crippen LogP contribution in [0.4, 0.5) is 4.39 Å². The lowest BCUT2D eigenvalue weighted by Crippen LogP contribution is -2.22. The van der Waals surface area contributed by atoms with E-state index in [1.165, 1.54) is 17.8 Å².